The summed E-state index contributed by atoms with van der Waals surface area (Å²) >= 11 is 0. The van der Waals surface area contributed by atoms with Gasteiger partial charge in [0.05, 0.1) is 38.1 Å². The van der Waals surface area contributed by atoms with Gasteiger partial charge in [0.15, 0.2) is 11.5 Å². The van der Waals surface area contributed by atoms with Gasteiger partial charge in [0.1, 0.15) is 0 Å². The number of hydrogen-bond acceptors (Lipinski definition) is 5. The molecule has 178 valence electrons. The number of ether oxygens (including phenoxy) is 3. The Hall–Kier alpha value is -3.28. The molecule has 6 heteroatoms. The highest BCUT2D eigenvalue weighted by atomic mass is 16.5. The lowest BCUT2D eigenvalue weighted by atomic mass is 9.84. The third-order valence-electron chi connectivity index (χ3n) is 7.72. The Balaban J connectivity index is 1.53. The lowest BCUT2D eigenvalue weighted by Gasteiger charge is -2.28. The van der Waals surface area contributed by atoms with Crippen molar-refractivity contribution < 1.29 is 19.0 Å². The van der Waals surface area contributed by atoms with Gasteiger partial charge in [-0.3, -0.25) is 4.79 Å². The summed E-state index contributed by atoms with van der Waals surface area (Å²) in [5.74, 6) is 3.73. The Kier molecular flexibility index (Phi) is 6.07. The van der Waals surface area contributed by atoms with Crippen molar-refractivity contribution >= 4 is 16.8 Å². The first-order valence-corrected chi connectivity index (χ1v) is 12.0. The fourth-order valence-corrected chi connectivity index (χ4v) is 6.04. The zero-order chi connectivity index (χ0) is 23.8. The first kappa shape index (κ1) is 22.5. The standard InChI is InChI=1S/C28H32N2O4/c1-16(21-12-17-9-10-18(21)11-17)29-28(31)22-15-24(30-23-8-6-5-7-20(22)23)19-13-25(32-2)27(34-4)26(14-19)33-3/h5-8,13-18,21H,9-12H2,1-4H3,(H,29,31). The zero-order valence-corrected chi connectivity index (χ0v) is 20.3. The molecule has 0 saturated heterocycles. The van der Waals surface area contributed by atoms with Crippen LogP contribution < -0.4 is 19.5 Å². The highest BCUT2D eigenvalue weighted by Crippen LogP contribution is 2.49. The molecular formula is C28H32N2O4. The molecule has 0 aliphatic heterocycles. The van der Waals surface area contributed by atoms with Gasteiger partial charge < -0.3 is 19.5 Å². The maximum atomic E-state index is 13.6. The Bertz CT molecular complexity index is 1200. The van der Waals surface area contributed by atoms with Gasteiger partial charge in [-0.25, -0.2) is 4.98 Å². The predicted octanol–water partition coefficient (Wildman–Crippen LogP) is 5.48. The molecule has 2 bridgehead atoms. The first-order valence-electron chi connectivity index (χ1n) is 12.0. The van der Waals surface area contributed by atoms with E-state index in [9.17, 15) is 4.79 Å². The molecule has 4 unspecified atom stereocenters. The van der Waals surface area contributed by atoms with Crippen molar-refractivity contribution in [1.29, 1.82) is 0 Å². The maximum absolute atomic E-state index is 13.6. The van der Waals surface area contributed by atoms with Crippen molar-refractivity contribution in [3.8, 4) is 28.5 Å². The van der Waals surface area contributed by atoms with E-state index in [0.717, 1.165) is 28.3 Å². The molecule has 5 rings (SSSR count). The van der Waals surface area contributed by atoms with Crippen molar-refractivity contribution in [2.45, 2.75) is 38.6 Å². The number of methoxy groups -OCH3 is 3. The molecule has 1 N–H and O–H groups in total. The van der Waals surface area contributed by atoms with Crippen LogP contribution in [0.5, 0.6) is 17.2 Å². The van der Waals surface area contributed by atoms with E-state index in [2.05, 4.69) is 12.2 Å². The number of benzene rings is 2. The SMILES string of the molecule is COc1cc(-c2cc(C(=O)NC(C)C3CC4CCC3C4)c3ccccc3n2)cc(OC)c1OC. The van der Waals surface area contributed by atoms with E-state index >= 15 is 0 Å². The van der Waals surface area contributed by atoms with Crippen molar-refractivity contribution in [1.82, 2.24) is 10.3 Å². The Morgan fingerprint density at radius 1 is 1.00 bits per heavy atom. The number of fused-ring (bicyclic) bond motifs is 3. The molecule has 6 nitrogen and oxygen atoms in total. The summed E-state index contributed by atoms with van der Waals surface area (Å²) in [6.07, 6.45) is 5.22. The smallest absolute Gasteiger partial charge is 0.252 e. The molecule has 1 amide bonds. The van der Waals surface area contributed by atoms with E-state index in [-0.39, 0.29) is 11.9 Å². The van der Waals surface area contributed by atoms with Gasteiger partial charge in [-0.15, -0.1) is 0 Å². The predicted molar refractivity (Wildman–Crippen MR) is 133 cm³/mol. The van der Waals surface area contributed by atoms with Crippen LogP contribution in [-0.4, -0.2) is 38.3 Å². The van der Waals surface area contributed by atoms with E-state index in [1.807, 2.05) is 42.5 Å². The molecule has 4 atom stereocenters. The highest BCUT2D eigenvalue weighted by Gasteiger charge is 2.42. The number of aromatic nitrogens is 1. The van der Waals surface area contributed by atoms with E-state index in [0.29, 0.717) is 34.4 Å². The summed E-state index contributed by atoms with van der Waals surface area (Å²) < 4.78 is 16.5. The molecular weight excluding hydrogens is 428 g/mol. The molecule has 1 heterocycles. The van der Waals surface area contributed by atoms with Crippen LogP contribution in [0.15, 0.2) is 42.5 Å². The van der Waals surface area contributed by atoms with Crippen LogP contribution in [0.4, 0.5) is 0 Å². The summed E-state index contributed by atoms with van der Waals surface area (Å²) in [6.45, 7) is 2.16. The molecule has 34 heavy (non-hydrogen) atoms. The summed E-state index contributed by atoms with van der Waals surface area (Å²) in [5, 5.41) is 4.16. The Morgan fingerprint density at radius 3 is 2.35 bits per heavy atom. The van der Waals surface area contributed by atoms with Crippen LogP contribution in [0.3, 0.4) is 0 Å². The van der Waals surface area contributed by atoms with Crippen LogP contribution in [0, 0.1) is 17.8 Å². The largest absolute Gasteiger partial charge is 0.493 e. The molecule has 2 fully saturated rings. The highest BCUT2D eigenvalue weighted by molar-refractivity contribution is 6.07. The lowest BCUT2D eigenvalue weighted by molar-refractivity contribution is 0.0917. The second-order valence-electron chi connectivity index (χ2n) is 9.59. The quantitative estimate of drug-likeness (QED) is 0.505. The van der Waals surface area contributed by atoms with E-state index in [1.54, 1.807) is 21.3 Å². The third kappa shape index (κ3) is 3.95. The van der Waals surface area contributed by atoms with Gasteiger partial charge in [0, 0.05) is 17.0 Å². The van der Waals surface area contributed by atoms with Crippen LogP contribution in [0.25, 0.3) is 22.2 Å². The summed E-state index contributed by atoms with van der Waals surface area (Å²) in [4.78, 5) is 18.4. The molecule has 2 aliphatic rings. The van der Waals surface area contributed by atoms with Crippen molar-refractivity contribution in [3.63, 3.8) is 0 Å². The minimum atomic E-state index is -0.0532. The maximum Gasteiger partial charge on any atom is 0.252 e. The van der Waals surface area contributed by atoms with E-state index in [1.165, 1.54) is 25.7 Å². The van der Waals surface area contributed by atoms with Gasteiger partial charge in [0.25, 0.3) is 5.91 Å². The average molecular weight is 461 g/mol. The lowest BCUT2D eigenvalue weighted by Crippen LogP contribution is -2.40. The van der Waals surface area contributed by atoms with Crippen LogP contribution >= 0.6 is 0 Å². The Labute approximate surface area is 200 Å². The van der Waals surface area contributed by atoms with Crippen LogP contribution in [-0.2, 0) is 0 Å². The van der Waals surface area contributed by atoms with Gasteiger partial charge >= 0.3 is 0 Å². The summed E-state index contributed by atoms with van der Waals surface area (Å²) in [6, 6.07) is 13.5. The van der Waals surface area contributed by atoms with Crippen molar-refractivity contribution in [2.75, 3.05) is 21.3 Å². The van der Waals surface area contributed by atoms with Gasteiger partial charge in [-0.2, -0.15) is 0 Å². The second-order valence-corrected chi connectivity index (χ2v) is 9.59. The number of nitrogens with one attached hydrogen (secondary N) is 1. The summed E-state index contributed by atoms with van der Waals surface area (Å²) in [5.41, 5.74) is 2.86. The number of rotatable bonds is 7. The molecule has 3 aromatic rings. The average Bonchev–Trinajstić information content (AvgIpc) is 3.51. The number of nitrogens with zero attached hydrogens (tertiary/aromatic N) is 1. The van der Waals surface area contributed by atoms with Crippen LogP contribution in [0.2, 0.25) is 0 Å². The molecule has 0 spiro atoms. The minimum absolute atomic E-state index is 0.0532. The van der Waals surface area contributed by atoms with Gasteiger partial charge in [-0.05, 0) is 68.2 Å². The monoisotopic (exact) mass is 460 g/mol. The molecule has 2 aliphatic carbocycles. The Morgan fingerprint density at radius 2 is 1.74 bits per heavy atom. The zero-order valence-electron chi connectivity index (χ0n) is 20.3. The van der Waals surface area contributed by atoms with Gasteiger partial charge in [-0.1, -0.05) is 24.6 Å². The van der Waals surface area contributed by atoms with E-state index < -0.39 is 0 Å². The normalized spacial score (nSPS) is 21.9. The summed E-state index contributed by atoms with van der Waals surface area (Å²) in [7, 11) is 4.75. The topological polar surface area (TPSA) is 69.7 Å². The van der Waals surface area contributed by atoms with Crippen molar-refractivity contribution in [3.05, 3.63) is 48.0 Å². The first-order chi connectivity index (χ1) is 16.5. The van der Waals surface area contributed by atoms with E-state index in [4.69, 9.17) is 19.2 Å². The molecule has 0 radical (unpaired) electrons. The second kappa shape index (κ2) is 9.16. The molecule has 2 aromatic carbocycles. The number of carbonyl (C=O) groups is 1. The number of hydrogen-bond donors (Lipinski definition) is 1. The fourth-order valence-electron chi connectivity index (χ4n) is 6.04. The van der Waals surface area contributed by atoms with Gasteiger partial charge in [0.2, 0.25) is 5.75 Å². The minimum Gasteiger partial charge on any atom is -0.493 e. The number of pyridine rings is 1. The van der Waals surface area contributed by atoms with Crippen LogP contribution in [0.1, 0.15) is 43.0 Å². The number of amides is 1. The van der Waals surface area contributed by atoms with Crippen molar-refractivity contribution in [2.24, 2.45) is 17.8 Å². The number of para-hydroxylation sites is 1. The number of carbonyl (C=O) groups excluding carboxylic acids is 1. The third-order valence-corrected chi connectivity index (χ3v) is 7.72. The molecule has 1 aromatic heterocycles. The fraction of sp³-hybridized carbons (Fsp3) is 0.429. The molecule has 2 saturated carbocycles.